The number of hydrogen-bond acceptors (Lipinski definition) is 6. The number of carboxylic acid groups (broad SMARTS) is 1. The normalized spacial score (nSPS) is 14.1. The average Bonchev–Trinajstić information content (AvgIpc) is 3.08. The van der Waals surface area contributed by atoms with Crippen molar-refractivity contribution in [2.75, 3.05) is 20.3 Å². The van der Waals surface area contributed by atoms with E-state index in [0.717, 1.165) is 22.3 Å². The van der Waals surface area contributed by atoms with Gasteiger partial charge in [0.25, 0.3) is 5.91 Å². The third-order valence-corrected chi connectivity index (χ3v) is 4.97. The second-order valence-corrected chi connectivity index (χ2v) is 7.06. The summed E-state index contributed by atoms with van der Waals surface area (Å²) in [4.78, 5) is 40.1. The minimum absolute atomic E-state index is 0.101. The molecule has 2 aromatic rings. The maximum Gasteiger partial charge on any atom is 0.407 e. The van der Waals surface area contributed by atoms with Crippen LogP contribution in [-0.2, 0) is 23.9 Å². The summed E-state index contributed by atoms with van der Waals surface area (Å²) in [7, 11) is 1.31. The zero-order valence-corrected chi connectivity index (χ0v) is 17.2. The van der Waals surface area contributed by atoms with Gasteiger partial charge in [-0.3, -0.25) is 9.63 Å². The van der Waals surface area contributed by atoms with Gasteiger partial charge in [0.15, 0.2) is 0 Å². The molecule has 2 aromatic carbocycles. The van der Waals surface area contributed by atoms with Crippen molar-refractivity contribution in [3.8, 4) is 11.1 Å². The number of hydrogen-bond donors (Lipinski definition) is 3. The van der Waals surface area contributed by atoms with Gasteiger partial charge in [0, 0.05) is 13.0 Å². The van der Waals surface area contributed by atoms with Crippen LogP contribution in [0.4, 0.5) is 4.79 Å². The topological polar surface area (TPSA) is 123 Å². The Morgan fingerprint density at radius 2 is 1.61 bits per heavy atom. The third-order valence-electron chi connectivity index (χ3n) is 4.97. The Kier molecular flexibility index (Phi) is 7.22. The molecule has 1 aliphatic rings. The Hall–Kier alpha value is -3.43. The molecule has 0 radical (unpaired) electrons. The molecular weight excluding hydrogens is 404 g/mol. The summed E-state index contributed by atoms with van der Waals surface area (Å²) in [5.41, 5.74) is 6.39. The first-order valence-corrected chi connectivity index (χ1v) is 9.71. The molecular formula is C22H24N2O7. The number of nitrogens with one attached hydrogen (secondary N) is 2. The maximum absolute atomic E-state index is 12.2. The fourth-order valence-corrected chi connectivity index (χ4v) is 3.41. The van der Waals surface area contributed by atoms with Crippen molar-refractivity contribution in [2.24, 2.45) is 0 Å². The van der Waals surface area contributed by atoms with Crippen LogP contribution in [0.1, 0.15) is 24.0 Å². The number of alkyl carbamates (subject to hydrolysis) is 1. The average molecular weight is 428 g/mol. The number of benzene rings is 2. The molecule has 164 valence electrons. The van der Waals surface area contributed by atoms with Crippen LogP contribution < -0.4 is 10.8 Å². The lowest BCUT2D eigenvalue weighted by atomic mass is 9.98. The molecule has 0 spiro atoms. The molecule has 0 aromatic heterocycles. The number of amides is 2. The maximum atomic E-state index is 12.2. The molecule has 2 atom stereocenters. The zero-order chi connectivity index (χ0) is 22.4. The molecule has 9 nitrogen and oxygen atoms in total. The van der Waals surface area contributed by atoms with Gasteiger partial charge in [0.05, 0.1) is 6.61 Å². The van der Waals surface area contributed by atoms with Crippen LogP contribution in [0, 0.1) is 0 Å². The molecule has 0 heterocycles. The number of aliphatic carboxylic acids is 1. The molecule has 2 amide bonds. The van der Waals surface area contributed by atoms with E-state index in [-0.39, 0.29) is 19.1 Å². The van der Waals surface area contributed by atoms with E-state index < -0.39 is 30.1 Å². The third kappa shape index (κ3) is 5.19. The van der Waals surface area contributed by atoms with Gasteiger partial charge in [-0.1, -0.05) is 48.5 Å². The van der Waals surface area contributed by atoms with Gasteiger partial charge in [-0.05, 0) is 29.2 Å². The number of hydroxylamine groups is 1. The number of carbonyl (C=O) groups excluding carboxylic acids is 2. The second kappa shape index (κ2) is 10.1. The number of rotatable bonds is 9. The lowest BCUT2D eigenvalue weighted by molar-refractivity contribution is -0.165. The summed E-state index contributed by atoms with van der Waals surface area (Å²) in [5, 5.41) is 11.4. The second-order valence-electron chi connectivity index (χ2n) is 7.06. The molecule has 0 saturated carbocycles. The van der Waals surface area contributed by atoms with Crippen molar-refractivity contribution in [3.05, 3.63) is 59.7 Å². The van der Waals surface area contributed by atoms with E-state index >= 15 is 0 Å². The van der Waals surface area contributed by atoms with Gasteiger partial charge >= 0.3 is 12.1 Å². The van der Waals surface area contributed by atoms with Crippen LogP contribution >= 0.6 is 0 Å². The molecule has 0 saturated heterocycles. The van der Waals surface area contributed by atoms with Crippen LogP contribution in [0.3, 0.4) is 0 Å². The van der Waals surface area contributed by atoms with Crippen LogP contribution in [0.15, 0.2) is 48.5 Å². The summed E-state index contributed by atoms with van der Waals surface area (Å²) < 4.78 is 10.1. The van der Waals surface area contributed by atoms with Gasteiger partial charge in [0.2, 0.25) is 6.10 Å². The number of carbonyl (C=O) groups is 3. The van der Waals surface area contributed by atoms with Crippen molar-refractivity contribution in [2.45, 2.75) is 25.0 Å². The molecule has 0 aliphatic heterocycles. The number of carboxylic acids is 1. The monoisotopic (exact) mass is 428 g/mol. The van der Waals surface area contributed by atoms with Crippen molar-refractivity contribution >= 4 is 18.0 Å². The molecule has 0 fully saturated rings. The highest BCUT2D eigenvalue weighted by Crippen LogP contribution is 2.44. The minimum Gasteiger partial charge on any atom is -0.479 e. The van der Waals surface area contributed by atoms with E-state index in [9.17, 15) is 14.4 Å². The number of ether oxygens (including phenoxy) is 2. The Bertz CT molecular complexity index is 917. The van der Waals surface area contributed by atoms with Crippen LogP contribution in [0.25, 0.3) is 11.1 Å². The minimum atomic E-state index is -1.37. The summed E-state index contributed by atoms with van der Waals surface area (Å²) in [6, 6.07) is 14.9. The van der Waals surface area contributed by atoms with E-state index in [0.29, 0.717) is 0 Å². The Labute approximate surface area is 179 Å². The SMILES string of the molecule is COCC(ONC(=O)[C@H](C)NC(=O)OCC1c2ccccc2-c2ccccc21)C(=O)O. The lowest BCUT2D eigenvalue weighted by Gasteiger charge is -2.18. The Balaban J connectivity index is 1.53. The first kappa shape index (κ1) is 22.3. The van der Waals surface area contributed by atoms with Crippen LogP contribution in [-0.4, -0.2) is 55.5 Å². The fraction of sp³-hybridized carbons (Fsp3) is 0.318. The standard InChI is InChI=1S/C22H24N2O7/c1-13(20(25)24-31-19(12-29-2)21(26)27)23-22(28)30-11-18-16-9-5-3-7-14(16)15-8-4-6-10-17(15)18/h3-10,13,18-19H,11-12H2,1-2H3,(H,23,28)(H,24,25)(H,26,27)/t13-,19?/m0/s1. The summed E-state index contributed by atoms with van der Waals surface area (Å²) in [6.45, 7) is 1.29. The number of fused-ring (bicyclic) bond motifs is 3. The predicted octanol–water partition coefficient (Wildman–Crippen LogP) is 2.06. The fourth-order valence-electron chi connectivity index (χ4n) is 3.41. The van der Waals surface area contributed by atoms with Gasteiger partial charge in [-0.25, -0.2) is 15.1 Å². The molecule has 1 unspecified atom stereocenters. The highest BCUT2D eigenvalue weighted by atomic mass is 16.7. The van der Waals surface area contributed by atoms with E-state index in [2.05, 4.69) is 5.32 Å². The van der Waals surface area contributed by atoms with Crippen LogP contribution in [0.5, 0.6) is 0 Å². The van der Waals surface area contributed by atoms with Crippen molar-refractivity contribution in [1.29, 1.82) is 0 Å². The van der Waals surface area contributed by atoms with Crippen molar-refractivity contribution in [1.82, 2.24) is 10.8 Å². The quantitative estimate of drug-likeness (QED) is 0.523. The zero-order valence-electron chi connectivity index (χ0n) is 17.2. The molecule has 1 aliphatic carbocycles. The van der Waals surface area contributed by atoms with E-state index in [1.54, 1.807) is 0 Å². The molecule has 3 N–H and O–H groups in total. The van der Waals surface area contributed by atoms with E-state index in [4.69, 9.17) is 19.4 Å². The smallest absolute Gasteiger partial charge is 0.407 e. The predicted molar refractivity (Wildman–Crippen MR) is 110 cm³/mol. The van der Waals surface area contributed by atoms with Gasteiger partial charge in [-0.2, -0.15) is 0 Å². The summed E-state index contributed by atoms with van der Waals surface area (Å²) in [5.74, 6) is -2.12. The highest BCUT2D eigenvalue weighted by molar-refractivity contribution is 5.85. The van der Waals surface area contributed by atoms with Gasteiger partial charge in [-0.15, -0.1) is 0 Å². The first-order valence-electron chi connectivity index (χ1n) is 9.71. The molecule has 3 rings (SSSR count). The van der Waals surface area contributed by atoms with Gasteiger partial charge < -0.3 is 19.9 Å². The summed E-state index contributed by atoms with van der Waals surface area (Å²) >= 11 is 0. The van der Waals surface area contributed by atoms with Crippen molar-refractivity contribution in [3.63, 3.8) is 0 Å². The largest absolute Gasteiger partial charge is 0.479 e. The Morgan fingerprint density at radius 3 is 2.16 bits per heavy atom. The highest BCUT2D eigenvalue weighted by Gasteiger charge is 2.29. The number of methoxy groups -OCH3 is 1. The van der Waals surface area contributed by atoms with Crippen LogP contribution in [0.2, 0.25) is 0 Å². The van der Waals surface area contributed by atoms with E-state index in [1.165, 1.54) is 14.0 Å². The molecule has 0 bridgehead atoms. The first-order chi connectivity index (χ1) is 14.9. The summed E-state index contributed by atoms with van der Waals surface area (Å²) in [6.07, 6.45) is -2.13. The lowest BCUT2D eigenvalue weighted by Crippen LogP contribution is -2.47. The molecule has 31 heavy (non-hydrogen) atoms. The van der Waals surface area contributed by atoms with Gasteiger partial charge in [0.1, 0.15) is 12.6 Å². The van der Waals surface area contributed by atoms with Crippen molar-refractivity contribution < 1.29 is 33.8 Å². The van der Waals surface area contributed by atoms with E-state index in [1.807, 2.05) is 54.0 Å². The Morgan fingerprint density at radius 1 is 1.03 bits per heavy atom. The molecule has 9 heteroatoms.